The van der Waals surface area contributed by atoms with Gasteiger partial charge < -0.3 is 19.7 Å². The molecule has 1 aromatic carbocycles. The van der Waals surface area contributed by atoms with Gasteiger partial charge in [0.15, 0.2) is 0 Å². The van der Waals surface area contributed by atoms with Crippen LogP contribution in [0.25, 0.3) is 0 Å². The van der Waals surface area contributed by atoms with Crippen molar-refractivity contribution < 1.29 is 27.4 Å². The molecular weight excluding hydrogens is 375 g/mol. The van der Waals surface area contributed by atoms with E-state index < -0.39 is 6.36 Å². The van der Waals surface area contributed by atoms with Crippen LogP contribution in [0.1, 0.15) is 11.1 Å². The number of anilines is 1. The fourth-order valence-corrected chi connectivity index (χ4v) is 2.88. The molecule has 28 heavy (non-hydrogen) atoms. The Bertz CT molecular complexity index is 791. The van der Waals surface area contributed by atoms with Crippen LogP contribution in [0, 0.1) is 0 Å². The van der Waals surface area contributed by atoms with E-state index >= 15 is 0 Å². The summed E-state index contributed by atoms with van der Waals surface area (Å²) in [6.07, 6.45) is -2.97. The molecule has 9 heteroatoms. The van der Waals surface area contributed by atoms with E-state index in [0.717, 1.165) is 24.5 Å². The Labute approximate surface area is 160 Å². The molecular formula is C19H20F3N3O3. The van der Waals surface area contributed by atoms with Crippen molar-refractivity contribution in [1.82, 2.24) is 10.3 Å². The van der Waals surface area contributed by atoms with Crippen molar-refractivity contribution in [3.05, 3.63) is 53.7 Å². The van der Waals surface area contributed by atoms with E-state index in [2.05, 4.69) is 19.9 Å². The molecule has 0 saturated carbocycles. The van der Waals surface area contributed by atoms with Gasteiger partial charge in [0.2, 0.25) is 5.91 Å². The molecule has 6 nitrogen and oxygen atoms in total. The fraction of sp³-hybridized carbons (Fsp3) is 0.368. The second kappa shape index (κ2) is 8.92. The third-order valence-corrected chi connectivity index (χ3v) is 4.18. The second-order valence-electron chi connectivity index (χ2n) is 6.23. The minimum Gasteiger partial charge on any atom is -0.406 e. The lowest BCUT2D eigenvalue weighted by Gasteiger charge is -2.29. The number of morpholine rings is 1. The van der Waals surface area contributed by atoms with Gasteiger partial charge in [0.25, 0.3) is 0 Å². The molecule has 2 heterocycles. The molecule has 2 aromatic rings. The molecule has 0 unspecified atom stereocenters. The number of carbonyl (C=O) groups excluding carboxylic acids is 1. The number of halogens is 3. The van der Waals surface area contributed by atoms with Crippen LogP contribution in [0.2, 0.25) is 0 Å². The number of hydrogen-bond donors (Lipinski definition) is 1. The second-order valence-corrected chi connectivity index (χ2v) is 6.23. The first-order chi connectivity index (χ1) is 13.4. The zero-order chi connectivity index (χ0) is 20.0. The zero-order valence-corrected chi connectivity index (χ0v) is 15.0. The molecule has 1 fully saturated rings. The fourth-order valence-electron chi connectivity index (χ4n) is 2.88. The number of pyridine rings is 1. The van der Waals surface area contributed by atoms with Gasteiger partial charge in [0.1, 0.15) is 11.6 Å². The summed E-state index contributed by atoms with van der Waals surface area (Å²) in [6.45, 7) is 3.07. The Morgan fingerprint density at radius 2 is 1.89 bits per heavy atom. The molecule has 1 aromatic heterocycles. The zero-order valence-electron chi connectivity index (χ0n) is 15.0. The van der Waals surface area contributed by atoms with Gasteiger partial charge in [0, 0.05) is 31.4 Å². The van der Waals surface area contributed by atoms with Gasteiger partial charge in [-0.3, -0.25) is 4.79 Å². The van der Waals surface area contributed by atoms with Crippen LogP contribution < -0.4 is 15.0 Å². The van der Waals surface area contributed by atoms with Crippen molar-refractivity contribution in [2.45, 2.75) is 19.3 Å². The maximum atomic E-state index is 12.2. The normalized spacial score (nSPS) is 14.6. The number of alkyl halides is 3. The molecule has 0 aliphatic carbocycles. The van der Waals surface area contributed by atoms with Crippen molar-refractivity contribution in [2.75, 3.05) is 31.2 Å². The molecule has 1 aliphatic rings. The SMILES string of the molecule is O=C(Cc1ccc(OC(F)(F)F)cc1)NCc1cccnc1N1CCOCC1. The number of ether oxygens (including phenoxy) is 2. The van der Waals surface area contributed by atoms with E-state index in [1.54, 1.807) is 6.20 Å². The van der Waals surface area contributed by atoms with Crippen molar-refractivity contribution in [3.8, 4) is 5.75 Å². The average Bonchev–Trinajstić information content (AvgIpc) is 2.68. The van der Waals surface area contributed by atoms with E-state index in [9.17, 15) is 18.0 Å². The smallest absolute Gasteiger partial charge is 0.406 e. The van der Waals surface area contributed by atoms with Gasteiger partial charge in [-0.25, -0.2) is 4.98 Å². The van der Waals surface area contributed by atoms with Gasteiger partial charge >= 0.3 is 6.36 Å². The monoisotopic (exact) mass is 395 g/mol. The first-order valence-corrected chi connectivity index (χ1v) is 8.79. The largest absolute Gasteiger partial charge is 0.573 e. The quantitative estimate of drug-likeness (QED) is 0.815. The van der Waals surface area contributed by atoms with Crippen LogP contribution >= 0.6 is 0 Å². The van der Waals surface area contributed by atoms with Gasteiger partial charge in [-0.05, 0) is 23.8 Å². The highest BCUT2D eigenvalue weighted by molar-refractivity contribution is 5.78. The van der Waals surface area contributed by atoms with E-state index in [-0.39, 0.29) is 18.1 Å². The number of amides is 1. The van der Waals surface area contributed by atoms with E-state index in [0.29, 0.717) is 25.3 Å². The van der Waals surface area contributed by atoms with Gasteiger partial charge in [-0.1, -0.05) is 18.2 Å². The summed E-state index contributed by atoms with van der Waals surface area (Å²) >= 11 is 0. The highest BCUT2D eigenvalue weighted by Gasteiger charge is 2.30. The lowest BCUT2D eigenvalue weighted by molar-refractivity contribution is -0.274. The minimum absolute atomic E-state index is 0.0550. The van der Waals surface area contributed by atoms with Gasteiger partial charge in [-0.15, -0.1) is 13.2 Å². The molecule has 1 amide bonds. The number of hydrogen-bond acceptors (Lipinski definition) is 5. The molecule has 1 N–H and O–H groups in total. The summed E-state index contributed by atoms with van der Waals surface area (Å²) in [5.41, 5.74) is 1.48. The summed E-state index contributed by atoms with van der Waals surface area (Å²) in [6, 6.07) is 8.96. The van der Waals surface area contributed by atoms with E-state index in [1.807, 2.05) is 12.1 Å². The summed E-state index contributed by atoms with van der Waals surface area (Å²) in [4.78, 5) is 18.7. The van der Waals surface area contributed by atoms with Crippen molar-refractivity contribution in [1.29, 1.82) is 0 Å². The van der Waals surface area contributed by atoms with Crippen LogP contribution in [-0.2, 0) is 22.5 Å². The van der Waals surface area contributed by atoms with E-state index in [4.69, 9.17) is 4.74 Å². The van der Waals surface area contributed by atoms with Gasteiger partial charge in [0.05, 0.1) is 19.6 Å². The van der Waals surface area contributed by atoms with Crippen LogP contribution in [0.15, 0.2) is 42.6 Å². The molecule has 0 atom stereocenters. The topological polar surface area (TPSA) is 63.7 Å². The number of benzene rings is 1. The van der Waals surface area contributed by atoms with Crippen molar-refractivity contribution >= 4 is 11.7 Å². The average molecular weight is 395 g/mol. The number of nitrogens with zero attached hydrogens (tertiary/aromatic N) is 2. The molecule has 1 aliphatic heterocycles. The summed E-state index contributed by atoms with van der Waals surface area (Å²) in [5.74, 6) is 0.267. The van der Waals surface area contributed by atoms with Crippen molar-refractivity contribution in [3.63, 3.8) is 0 Å². The van der Waals surface area contributed by atoms with Crippen LogP contribution in [0.3, 0.4) is 0 Å². The lowest BCUT2D eigenvalue weighted by atomic mass is 10.1. The lowest BCUT2D eigenvalue weighted by Crippen LogP contribution is -2.38. The van der Waals surface area contributed by atoms with Crippen LogP contribution in [0.4, 0.5) is 19.0 Å². The Hall–Kier alpha value is -2.81. The number of rotatable bonds is 6. The minimum atomic E-state index is -4.74. The number of aromatic nitrogens is 1. The standard InChI is InChI=1S/C19H20F3N3O3/c20-19(21,22)28-16-5-3-14(4-6-16)12-17(26)24-13-15-2-1-7-23-18(15)25-8-10-27-11-9-25/h1-7H,8-13H2,(H,24,26). The van der Waals surface area contributed by atoms with E-state index in [1.165, 1.54) is 24.3 Å². The highest BCUT2D eigenvalue weighted by atomic mass is 19.4. The molecule has 0 bridgehead atoms. The Balaban J connectivity index is 1.55. The van der Waals surface area contributed by atoms with Gasteiger partial charge in [-0.2, -0.15) is 0 Å². The predicted molar refractivity (Wildman–Crippen MR) is 95.9 cm³/mol. The predicted octanol–water partition coefficient (Wildman–Crippen LogP) is 2.68. The summed E-state index contributed by atoms with van der Waals surface area (Å²) < 4.78 is 45.7. The van der Waals surface area contributed by atoms with Crippen molar-refractivity contribution in [2.24, 2.45) is 0 Å². The molecule has 1 saturated heterocycles. The number of carbonyl (C=O) groups is 1. The molecule has 3 rings (SSSR count). The Morgan fingerprint density at radius 1 is 1.18 bits per heavy atom. The Morgan fingerprint density at radius 3 is 2.57 bits per heavy atom. The molecule has 0 spiro atoms. The third kappa shape index (κ3) is 5.85. The first kappa shape index (κ1) is 19.9. The Kier molecular flexibility index (Phi) is 6.35. The number of nitrogens with one attached hydrogen (secondary N) is 1. The maximum absolute atomic E-state index is 12.2. The molecule has 150 valence electrons. The summed E-state index contributed by atoms with van der Waals surface area (Å²) in [5, 5.41) is 2.83. The highest BCUT2D eigenvalue weighted by Crippen LogP contribution is 2.23. The first-order valence-electron chi connectivity index (χ1n) is 8.79. The maximum Gasteiger partial charge on any atom is 0.573 e. The summed E-state index contributed by atoms with van der Waals surface area (Å²) in [7, 11) is 0. The van der Waals surface area contributed by atoms with Crippen LogP contribution in [-0.4, -0.2) is 43.6 Å². The molecule has 0 radical (unpaired) electrons. The third-order valence-electron chi connectivity index (χ3n) is 4.18. The van der Waals surface area contributed by atoms with Crippen LogP contribution in [0.5, 0.6) is 5.75 Å².